The number of aryl methyl sites for hydroxylation is 2. The summed E-state index contributed by atoms with van der Waals surface area (Å²) < 4.78 is 2.05. The van der Waals surface area contributed by atoms with E-state index < -0.39 is 0 Å². The van der Waals surface area contributed by atoms with Crippen molar-refractivity contribution in [3.63, 3.8) is 0 Å². The molecule has 1 N–H and O–H groups in total. The summed E-state index contributed by atoms with van der Waals surface area (Å²) in [5.41, 5.74) is 5.21. The van der Waals surface area contributed by atoms with Gasteiger partial charge in [0.25, 0.3) is 5.56 Å². The van der Waals surface area contributed by atoms with Crippen LogP contribution in [0.15, 0.2) is 53.3 Å². The molecule has 0 aliphatic heterocycles. The number of fused-ring (bicyclic) bond motifs is 1. The van der Waals surface area contributed by atoms with E-state index in [4.69, 9.17) is 0 Å². The van der Waals surface area contributed by atoms with Gasteiger partial charge >= 0.3 is 0 Å². The Morgan fingerprint density at radius 2 is 1.80 bits per heavy atom. The number of pyridine rings is 1. The molecule has 0 saturated heterocycles. The normalized spacial score (nSPS) is 15.3. The molecule has 0 amide bonds. The molecule has 182 valence electrons. The van der Waals surface area contributed by atoms with Gasteiger partial charge in [-0.2, -0.15) is 0 Å². The first kappa shape index (κ1) is 23.4. The van der Waals surface area contributed by atoms with Gasteiger partial charge in [-0.25, -0.2) is 4.68 Å². The van der Waals surface area contributed by atoms with E-state index in [-0.39, 0.29) is 11.6 Å². The Hall–Kier alpha value is -3.32. The third-order valence-corrected chi connectivity index (χ3v) is 7.45. The van der Waals surface area contributed by atoms with Gasteiger partial charge in [-0.15, -0.1) is 5.10 Å². The van der Waals surface area contributed by atoms with Crippen molar-refractivity contribution in [3.05, 3.63) is 87.0 Å². The summed E-state index contributed by atoms with van der Waals surface area (Å²) in [6, 6.07) is 17.0. The van der Waals surface area contributed by atoms with Crippen molar-refractivity contribution in [2.75, 3.05) is 0 Å². The SMILES string of the molecule is CC[C@@H](c1nnnn1C1CCCC1)N(Cc1ccccc1)Cc1cc2cc(C)c(C)cc2[nH]c1=O. The van der Waals surface area contributed by atoms with Gasteiger partial charge in [0.15, 0.2) is 5.82 Å². The molecule has 1 fully saturated rings. The van der Waals surface area contributed by atoms with Crippen LogP contribution in [0.25, 0.3) is 10.9 Å². The van der Waals surface area contributed by atoms with E-state index in [2.05, 4.69) is 87.3 Å². The molecule has 7 heteroatoms. The predicted octanol–water partition coefficient (Wildman–Crippen LogP) is 5.40. The zero-order valence-corrected chi connectivity index (χ0v) is 20.9. The van der Waals surface area contributed by atoms with Gasteiger partial charge in [-0.1, -0.05) is 50.1 Å². The van der Waals surface area contributed by atoms with Crippen LogP contribution in [0.2, 0.25) is 0 Å². The Bertz CT molecular complexity index is 1350. The molecular formula is C28H34N6O. The maximum Gasteiger partial charge on any atom is 0.252 e. The zero-order valence-electron chi connectivity index (χ0n) is 20.9. The van der Waals surface area contributed by atoms with Gasteiger partial charge in [0.05, 0.1) is 12.1 Å². The van der Waals surface area contributed by atoms with Crippen LogP contribution in [0.5, 0.6) is 0 Å². The molecule has 2 aromatic carbocycles. The van der Waals surface area contributed by atoms with Crippen molar-refractivity contribution in [1.29, 1.82) is 0 Å². The first-order valence-corrected chi connectivity index (χ1v) is 12.7. The lowest BCUT2D eigenvalue weighted by Crippen LogP contribution is -2.32. The first-order valence-electron chi connectivity index (χ1n) is 12.7. The summed E-state index contributed by atoms with van der Waals surface area (Å²) in [5, 5.41) is 14.0. The van der Waals surface area contributed by atoms with Crippen molar-refractivity contribution in [2.45, 2.75) is 78.0 Å². The maximum atomic E-state index is 13.2. The van der Waals surface area contributed by atoms with Gasteiger partial charge in [-0.3, -0.25) is 9.69 Å². The molecule has 2 heterocycles. The van der Waals surface area contributed by atoms with Crippen LogP contribution in [0.4, 0.5) is 0 Å². The van der Waals surface area contributed by atoms with E-state index in [9.17, 15) is 4.79 Å². The summed E-state index contributed by atoms with van der Waals surface area (Å²) >= 11 is 0. The molecular weight excluding hydrogens is 436 g/mol. The maximum absolute atomic E-state index is 13.2. The van der Waals surface area contributed by atoms with Crippen LogP contribution >= 0.6 is 0 Å². The Balaban J connectivity index is 1.54. The molecule has 4 aromatic rings. The molecule has 35 heavy (non-hydrogen) atoms. The Morgan fingerprint density at radius 3 is 2.54 bits per heavy atom. The Labute approximate surface area is 206 Å². The minimum atomic E-state index is -0.0379. The number of rotatable bonds is 8. The smallest absolute Gasteiger partial charge is 0.252 e. The molecule has 7 nitrogen and oxygen atoms in total. The number of benzene rings is 2. The highest BCUT2D eigenvalue weighted by Crippen LogP contribution is 2.33. The molecule has 0 unspecified atom stereocenters. The second-order valence-electron chi connectivity index (χ2n) is 9.88. The number of hydrogen-bond acceptors (Lipinski definition) is 5. The van der Waals surface area contributed by atoms with E-state index in [0.29, 0.717) is 19.1 Å². The minimum Gasteiger partial charge on any atom is -0.322 e. The number of aromatic nitrogens is 5. The number of hydrogen-bond donors (Lipinski definition) is 1. The zero-order chi connectivity index (χ0) is 24.4. The second-order valence-corrected chi connectivity index (χ2v) is 9.88. The fraction of sp³-hybridized carbons (Fsp3) is 0.429. The van der Waals surface area contributed by atoms with Crippen molar-refractivity contribution in [1.82, 2.24) is 30.1 Å². The quantitative estimate of drug-likeness (QED) is 0.373. The number of nitrogens with one attached hydrogen (secondary N) is 1. The average molecular weight is 471 g/mol. The van der Waals surface area contributed by atoms with Crippen molar-refractivity contribution >= 4 is 10.9 Å². The van der Waals surface area contributed by atoms with E-state index in [0.717, 1.165) is 41.6 Å². The molecule has 0 spiro atoms. The monoisotopic (exact) mass is 470 g/mol. The van der Waals surface area contributed by atoms with E-state index in [1.54, 1.807) is 0 Å². The van der Waals surface area contributed by atoms with Crippen molar-refractivity contribution in [3.8, 4) is 0 Å². The van der Waals surface area contributed by atoms with Crippen LogP contribution in [0.3, 0.4) is 0 Å². The summed E-state index contributed by atoms with van der Waals surface area (Å²) in [5.74, 6) is 0.902. The third kappa shape index (κ3) is 4.91. The molecule has 0 radical (unpaired) electrons. The number of tetrazole rings is 1. The number of aromatic amines is 1. The van der Waals surface area contributed by atoms with Crippen molar-refractivity contribution in [2.24, 2.45) is 0 Å². The number of nitrogens with zero attached hydrogens (tertiary/aromatic N) is 5. The average Bonchev–Trinajstić information content (AvgIpc) is 3.54. The molecule has 1 atom stereocenters. The molecule has 1 aliphatic rings. The highest BCUT2D eigenvalue weighted by atomic mass is 16.1. The largest absolute Gasteiger partial charge is 0.322 e. The fourth-order valence-corrected chi connectivity index (χ4v) is 5.39. The van der Waals surface area contributed by atoms with Crippen LogP contribution in [0.1, 0.15) is 79.2 Å². The van der Waals surface area contributed by atoms with Crippen LogP contribution in [0, 0.1) is 13.8 Å². The van der Waals surface area contributed by atoms with Crippen LogP contribution < -0.4 is 5.56 Å². The first-order chi connectivity index (χ1) is 17.0. The summed E-state index contributed by atoms with van der Waals surface area (Å²) in [4.78, 5) is 18.6. The number of H-pyrrole nitrogens is 1. The standard InChI is InChI=1S/C28H34N6O/c1-4-26(27-30-31-32-34(27)24-12-8-9-13-24)33(17-21-10-6-5-7-11-21)18-23-16-22-14-19(2)20(3)15-25(22)29-28(23)35/h5-7,10-11,14-16,24,26H,4,8-9,12-13,17-18H2,1-3H3,(H,29,35)/t26-/m0/s1. The molecule has 0 bridgehead atoms. The second kappa shape index (κ2) is 10.1. The molecule has 5 rings (SSSR count). The minimum absolute atomic E-state index is 0.000608. The highest BCUT2D eigenvalue weighted by Gasteiger charge is 2.29. The van der Waals surface area contributed by atoms with Gasteiger partial charge in [0, 0.05) is 24.2 Å². The van der Waals surface area contributed by atoms with Gasteiger partial charge in [-0.05, 0) is 83.8 Å². The molecule has 1 saturated carbocycles. The van der Waals surface area contributed by atoms with Gasteiger partial charge in [0.2, 0.25) is 0 Å². The van der Waals surface area contributed by atoms with E-state index in [1.807, 2.05) is 12.1 Å². The third-order valence-electron chi connectivity index (χ3n) is 7.45. The lowest BCUT2D eigenvalue weighted by atomic mass is 10.0. The summed E-state index contributed by atoms with van der Waals surface area (Å²) in [7, 11) is 0. The van der Waals surface area contributed by atoms with Crippen LogP contribution in [-0.2, 0) is 13.1 Å². The van der Waals surface area contributed by atoms with Crippen molar-refractivity contribution < 1.29 is 0 Å². The lowest BCUT2D eigenvalue weighted by Gasteiger charge is -2.31. The van der Waals surface area contributed by atoms with E-state index in [1.165, 1.54) is 29.5 Å². The Morgan fingerprint density at radius 1 is 1.06 bits per heavy atom. The highest BCUT2D eigenvalue weighted by molar-refractivity contribution is 5.80. The fourth-order valence-electron chi connectivity index (χ4n) is 5.39. The van der Waals surface area contributed by atoms with E-state index >= 15 is 0 Å². The molecule has 1 aliphatic carbocycles. The van der Waals surface area contributed by atoms with Gasteiger partial charge in [0.1, 0.15) is 0 Å². The summed E-state index contributed by atoms with van der Waals surface area (Å²) in [6.45, 7) is 7.58. The Kier molecular flexibility index (Phi) is 6.77. The van der Waals surface area contributed by atoms with Crippen LogP contribution in [-0.4, -0.2) is 30.1 Å². The predicted molar refractivity (Wildman–Crippen MR) is 138 cm³/mol. The topological polar surface area (TPSA) is 79.7 Å². The summed E-state index contributed by atoms with van der Waals surface area (Å²) in [6.07, 6.45) is 5.54. The van der Waals surface area contributed by atoms with Gasteiger partial charge < -0.3 is 4.98 Å². The lowest BCUT2D eigenvalue weighted by molar-refractivity contribution is 0.158. The molecule has 2 aromatic heterocycles.